The fourth-order valence-electron chi connectivity index (χ4n) is 2.43. The molecule has 3 aromatic rings. The summed E-state index contributed by atoms with van der Waals surface area (Å²) >= 11 is 7.18. The predicted molar refractivity (Wildman–Crippen MR) is 102 cm³/mol. The third-order valence-electron chi connectivity index (χ3n) is 3.74. The summed E-state index contributed by atoms with van der Waals surface area (Å²) in [5, 5.41) is 0.824. The summed E-state index contributed by atoms with van der Waals surface area (Å²) in [6, 6.07) is 12.5. The number of aromatic nitrogens is 2. The highest BCUT2D eigenvalue weighted by molar-refractivity contribution is 8.00. The first-order valence-corrected chi connectivity index (χ1v) is 8.88. The molecule has 128 valence electrons. The second-order valence-corrected chi connectivity index (χ2v) is 7.44. The summed E-state index contributed by atoms with van der Waals surface area (Å²) in [4.78, 5) is 29.1. The Labute approximate surface area is 153 Å². The lowest BCUT2D eigenvalue weighted by Crippen LogP contribution is -2.26. The molecular formula is C18H16ClN3O2S. The van der Waals surface area contributed by atoms with Gasteiger partial charge in [-0.3, -0.25) is 14.2 Å². The maximum atomic E-state index is 13.1. The number of nitrogens with two attached hydrogens (primary N) is 1. The smallest absolute Gasteiger partial charge is 0.266 e. The molecule has 2 aromatic carbocycles. The molecular weight excluding hydrogens is 358 g/mol. The normalized spacial score (nSPS) is 12.3. The van der Waals surface area contributed by atoms with Gasteiger partial charge in [-0.15, -0.1) is 0 Å². The van der Waals surface area contributed by atoms with E-state index in [2.05, 4.69) is 4.98 Å². The second kappa shape index (κ2) is 6.90. The fourth-order valence-corrected chi connectivity index (χ4v) is 3.47. The van der Waals surface area contributed by atoms with Crippen molar-refractivity contribution in [1.29, 1.82) is 0 Å². The van der Waals surface area contributed by atoms with E-state index in [-0.39, 0.29) is 5.56 Å². The average molecular weight is 374 g/mol. The van der Waals surface area contributed by atoms with Gasteiger partial charge in [0.25, 0.3) is 5.56 Å². The number of fused-ring (bicyclic) bond motifs is 1. The largest absolute Gasteiger partial charge is 0.369 e. The molecule has 1 aromatic heterocycles. The van der Waals surface area contributed by atoms with Crippen LogP contribution in [0, 0.1) is 6.92 Å². The molecule has 0 bridgehead atoms. The number of hydrogen-bond donors (Lipinski definition) is 1. The van der Waals surface area contributed by atoms with Crippen molar-refractivity contribution in [3.05, 3.63) is 63.4 Å². The van der Waals surface area contributed by atoms with Crippen LogP contribution < -0.4 is 11.3 Å². The molecule has 3 rings (SSSR count). The molecule has 0 spiro atoms. The number of thioether (sulfide) groups is 1. The lowest BCUT2D eigenvalue weighted by molar-refractivity contribution is -0.117. The molecule has 0 aliphatic carbocycles. The highest BCUT2D eigenvalue weighted by Gasteiger charge is 2.18. The van der Waals surface area contributed by atoms with Gasteiger partial charge in [-0.1, -0.05) is 35.5 Å². The molecule has 0 aliphatic rings. The van der Waals surface area contributed by atoms with Gasteiger partial charge in [0.05, 0.1) is 21.8 Å². The Morgan fingerprint density at radius 3 is 2.72 bits per heavy atom. The zero-order valence-electron chi connectivity index (χ0n) is 13.7. The van der Waals surface area contributed by atoms with Crippen LogP contribution >= 0.6 is 23.4 Å². The van der Waals surface area contributed by atoms with E-state index in [1.54, 1.807) is 25.1 Å². The Balaban J connectivity index is 2.31. The number of benzene rings is 2. The lowest BCUT2D eigenvalue weighted by Gasteiger charge is -2.15. The van der Waals surface area contributed by atoms with Crippen LogP contribution in [-0.2, 0) is 4.79 Å². The molecule has 7 heteroatoms. The van der Waals surface area contributed by atoms with Gasteiger partial charge in [-0.2, -0.15) is 0 Å². The van der Waals surface area contributed by atoms with Crippen LogP contribution in [0.3, 0.4) is 0 Å². The number of amides is 1. The Kier molecular flexibility index (Phi) is 4.83. The van der Waals surface area contributed by atoms with E-state index in [1.165, 1.54) is 4.57 Å². The van der Waals surface area contributed by atoms with Gasteiger partial charge < -0.3 is 5.73 Å². The zero-order chi connectivity index (χ0) is 18.1. The van der Waals surface area contributed by atoms with Gasteiger partial charge >= 0.3 is 0 Å². The summed E-state index contributed by atoms with van der Waals surface area (Å²) in [5.41, 5.74) is 7.35. The summed E-state index contributed by atoms with van der Waals surface area (Å²) in [5.74, 6) is -0.471. The number of halogens is 1. The molecule has 0 fully saturated rings. The monoisotopic (exact) mass is 373 g/mol. The second-order valence-electron chi connectivity index (χ2n) is 5.70. The third kappa shape index (κ3) is 3.55. The molecule has 0 aliphatic heterocycles. The van der Waals surface area contributed by atoms with Crippen molar-refractivity contribution >= 4 is 40.2 Å². The standard InChI is InChI=1S/C18H16ClN3O2S/c1-10-4-3-5-13(8-10)22-17(24)14-7-6-12(19)9-15(14)21-18(22)25-11(2)16(20)23/h3-9,11H,1-2H3,(H2,20,23)/t11-/m0/s1. The number of nitrogens with zero attached hydrogens (tertiary/aromatic N) is 2. The minimum atomic E-state index is -0.528. The fraction of sp³-hybridized carbons (Fsp3) is 0.167. The van der Waals surface area contributed by atoms with Crippen molar-refractivity contribution in [2.75, 3.05) is 0 Å². The number of aryl methyl sites for hydroxylation is 1. The Morgan fingerprint density at radius 2 is 2.04 bits per heavy atom. The first-order valence-electron chi connectivity index (χ1n) is 7.62. The van der Waals surface area contributed by atoms with E-state index in [0.29, 0.717) is 26.8 Å². The van der Waals surface area contributed by atoms with Crippen LogP contribution in [0.25, 0.3) is 16.6 Å². The highest BCUT2D eigenvalue weighted by atomic mass is 35.5. The Bertz CT molecular complexity index is 1030. The van der Waals surface area contributed by atoms with Crippen molar-refractivity contribution in [2.45, 2.75) is 24.3 Å². The Hall–Kier alpha value is -2.31. The molecule has 5 nitrogen and oxygen atoms in total. The number of primary amides is 1. The van der Waals surface area contributed by atoms with Crippen LogP contribution in [0.2, 0.25) is 5.02 Å². The molecule has 1 amide bonds. The molecule has 0 radical (unpaired) electrons. The molecule has 1 atom stereocenters. The third-order valence-corrected chi connectivity index (χ3v) is 5.05. The van der Waals surface area contributed by atoms with E-state index < -0.39 is 11.2 Å². The average Bonchev–Trinajstić information content (AvgIpc) is 2.54. The van der Waals surface area contributed by atoms with Crippen molar-refractivity contribution < 1.29 is 4.79 Å². The summed E-state index contributed by atoms with van der Waals surface area (Å²) < 4.78 is 1.51. The molecule has 0 saturated carbocycles. The van der Waals surface area contributed by atoms with Crippen molar-refractivity contribution in [3.63, 3.8) is 0 Å². The number of carbonyl (C=O) groups is 1. The van der Waals surface area contributed by atoms with E-state index in [1.807, 2.05) is 31.2 Å². The van der Waals surface area contributed by atoms with Gasteiger partial charge in [0.2, 0.25) is 5.91 Å². The topological polar surface area (TPSA) is 78.0 Å². The van der Waals surface area contributed by atoms with E-state index >= 15 is 0 Å². The minimum Gasteiger partial charge on any atom is -0.369 e. The summed E-state index contributed by atoms with van der Waals surface area (Å²) in [6.07, 6.45) is 0. The minimum absolute atomic E-state index is 0.216. The molecule has 0 saturated heterocycles. The van der Waals surface area contributed by atoms with Crippen LogP contribution in [0.15, 0.2) is 52.4 Å². The predicted octanol–water partition coefficient (Wildman–Crippen LogP) is 3.31. The highest BCUT2D eigenvalue weighted by Crippen LogP contribution is 2.26. The SMILES string of the molecule is Cc1cccc(-n2c(S[C@@H](C)C(N)=O)nc3cc(Cl)ccc3c2=O)c1. The van der Waals surface area contributed by atoms with Crippen molar-refractivity contribution in [1.82, 2.24) is 9.55 Å². The molecule has 1 heterocycles. The maximum absolute atomic E-state index is 13.1. The molecule has 25 heavy (non-hydrogen) atoms. The quantitative estimate of drug-likeness (QED) is 0.562. The van der Waals surface area contributed by atoms with Crippen LogP contribution in [0.5, 0.6) is 0 Å². The lowest BCUT2D eigenvalue weighted by atomic mass is 10.2. The first kappa shape index (κ1) is 17.5. The van der Waals surface area contributed by atoms with E-state index in [0.717, 1.165) is 17.3 Å². The molecule has 0 unspecified atom stereocenters. The molecule has 2 N–H and O–H groups in total. The van der Waals surface area contributed by atoms with Gasteiger partial charge in [-0.05, 0) is 49.7 Å². The van der Waals surface area contributed by atoms with Crippen LogP contribution in [0.1, 0.15) is 12.5 Å². The number of rotatable bonds is 4. The van der Waals surface area contributed by atoms with Crippen molar-refractivity contribution in [3.8, 4) is 5.69 Å². The van der Waals surface area contributed by atoms with Gasteiger partial charge in [0.15, 0.2) is 5.16 Å². The van der Waals surface area contributed by atoms with Crippen molar-refractivity contribution in [2.24, 2.45) is 5.73 Å². The van der Waals surface area contributed by atoms with Crippen LogP contribution in [0.4, 0.5) is 0 Å². The number of hydrogen-bond acceptors (Lipinski definition) is 4. The summed E-state index contributed by atoms with van der Waals surface area (Å²) in [7, 11) is 0. The van der Waals surface area contributed by atoms with E-state index in [4.69, 9.17) is 17.3 Å². The summed E-state index contributed by atoms with van der Waals surface area (Å²) in [6.45, 7) is 3.63. The zero-order valence-corrected chi connectivity index (χ0v) is 15.3. The van der Waals surface area contributed by atoms with Crippen LogP contribution in [-0.4, -0.2) is 20.7 Å². The Morgan fingerprint density at radius 1 is 1.28 bits per heavy atom. The number of carbonyl (C=O) groups excluding carboxylic acids is 1. The van der Waals surface area contributed by atoms with E-state index in [9.17, 15) is 9.59 Å². The maximum Gasteiger partial charge on any atom is 0.266 e. The van der Waals surface area contributed by atoms with Gasteiger partial charge in [-0.25, -0.2) is 4.98 Å². The van der Waals surface area contributed by atoms with Gasteiger partial charge in [0, 0.05) is 5.02 Å². The first-order chi connectivity index (χ1) is 11.9. The van der Waals surface area contributed by atoms with Gasteiger partial charge in [0.1, 0.15) is 0 Å².